The molecule has 0 fully saturated rings. The fourth-order valence-corrected chi connectivity index (χ4v) is 2.71. The van der Waals surface area contributed by atoms with Gasteiger partial charge in [-0.2, -0.15) is 0 Å². The summed E-state index contributed by atoms with van der Waals surface area (Å²) in [5, 5.41) is 2.05. The van der Waals surface area contributed by atoms with Gasteiger partial charge in [0.2, 0.25) is 0 Å². The van der Waals surface area contributed by atoms with Gasteiger partial charge in [-0.25, -0.2) is 0 Å². The number of ether oxygens (including phenoxy) is 1. The largest absolute Gasteiger partial charge is 0.465 e. The van der Waals surface area contributed by atoms with Crippen LogP contribution in [0.1, 0.15) is 32.6 Å². The number of carbonyl (C=O) groups excluding carboxylic acids is 2. The third-order valence-electron chi connectivity index (χ3n) is 3.70. The quantitative estimate of drug-likeness (QED) is 0.547. The molecule has 1 unspecified atom stereocenters. The van der Waals surface area contributed by atoms with E-state index in [-0.39, 0.29) is 18.4 Å². The Hall–Kier alpha value is -1.20. The highest BCUT2D eigenvalue weighted by atomic mass is 32.1. The number of Topliss-reactive ketones (excluding diaryl/α,β-unsaturated/α-hetero) is 1. The highest BCUT2D eigenvalue weighted by Gasteiger charge is 2.37. The standard InChI is InChI=1S/C16H25NO3S/c1-6-20-15(19)16(3,4)14(18)11-17(5)12(2)10-13-8-7-9-21-13/h7-9,12H,6,10-11H2,1-5H3. The lowest BCUT2D eigenvalue weighted by molar-refractivity contribution is -0.158. The smallest absolute Gasteiger partial charge is 0.319 e. The van der Waals surface area contributed by atoms with E-state index in [4.69, 9.17) is 4.74 Å². The van der Waals surface area contributed by atoms with Crippen molar-refractivity contribution in [1.29, 1.82) is 0 Å². The highest BCUT2D eigenvalue weighted by molar-refractivity contribution is 7.09. The number of thiophene rings is 1. The van der Waals surface area contributed by atoms with Crippen molar-refractivity contribution in [2.24, 2.45) is 5.41 Å². The Morgan fingerprint density at radius 2 is 2.10 bits per heavy atom. The fraction of sp³-hybridized carbons (Fsp3) is 0.625. The molecular formula is C16H25NO3S. The van der Waals surface area contributed by atoms with Crippen molar-refractivity contribution in [3.8, 4) is 0 Å². The Morgan fingerprint density at radius 1 is 1.43 bits per heavy atom. The van der Waals surface area contributed by atoms with Crippen LogP contribution in [-0.2, 0) is 20.7 Å². The van der Waals surface area contributed by atoms with Gasteiger partial charge in [0, 0.05) is 10.9 Å². The molecule has 0 saturated heterocycles. The SMILES string of the molecule is CCOC(=O)C(C)(C)C(=O)CN(C)C(C)Cc1cccs1. The summed E-state index contributed by atoms with van der Waals surface area (Å²) in [6, 6.07) is 4.37. The number of ketones is 1. The Balaban J connectivity index is 2.58. The van der Waals surface area contributed by atoms with E-state index in [0.29, 0.717) is 6.61 Å². The first kappa shape index (κ1) is 17.9. The van der Waals surface area contributed by atoms with E-state index in [1.165, 1.54) is 4.88 Å². The number of hydrogen-bond donors (Lipinski definition) is 0. The molecule has 0 aliphatic rings. The summed E-state index contributed by atoms with van der Waals surface area (Å²) in [7, 11) is 1.91. The van der Waals surface area contributed by atoms with Crippen LogP contribution >= 0.6 is 11.3 Å². The number of carbonyl (C=O) groups is 2. The summed E-state index contributed by atoms with van der Waals surface area (Å²) in [6.07, 6.45) is 0.904. The third-order valence-corrected chi connectivity index (χ3v) is 4.60. The van der Waals surface area contributed by atoms with E-state index in [0.717, 1.165) is 6.42 Å². The molecule has 1 heterocycles. The lowest BCUT2D eigenvalue weighted by atomic mass is 9.87. The zero-order chi connectivity index (χ0) is 16.0. The maximum Gasteiger partial charge on any atom is 0.319 e. The lowest BCUT2D eigenvalue weighted by Gasteiger charge is -2.28. The average molecular weight is 311 g/mol. The van der Waals surface area contributed by atoms with E-state index < -0.39 is 11.4 Å². The molecule has 0 radical (unpaired) electrons. The number of likely N-dealkylation sites (N-methyl/N-ethyl adjacent to an activating group) is 1. The van der Waals surface area contributed by atoms with Crippen LogP contribution in [0.3, 0.4) is 0 Å². The van der Waals surface area contributed by atoms with Gasteiger partial charge >= 0.3 is 5.97 Å². The van der Waals surface area contributed by atoms with E-state index in [1.54, 1.807) is 32.1 Å². The summed E-state index contributed by atoms with van der Waals surface area (Å²) in [5.41, 5.74) is -1.09. The van der Waals surface area contributed by atoms with Crippen LogP contribution in [0.5, 0.6) is 0 Å². The van der Waals surface area contributed by atoms with E-state index in [1.807, 2.05) is 18.0 Å². The Kier molecular flexibility index (Phi) is 6.55. The molecule has 118 valence electrons. The molecule has 1 aromatic heterocycles. The number of rotatable bonds is 8. The molecule has 0 saturated carbocycles. The second-order valence-electron chi connectivity index (χ2n) is 5.82. The van der Waals surface area contributed by atoms with Crippen molar-refractivity contribution >= 4 is 23.1 Å². The molecule has 5 heteroatoms. The lowest BCUT2D eigenvalue weighted by Crippen LogP contribution is -2.44. The molecule has 4 nitrogen and oxygen atoms in total. The molecular weight excluding hydrogens is 286 g/mol. The first-order valence-corrected chi connectivity index (χ1v) is 8.10. The van der Waals surface area contributed by atoms with Crippen molar-refractivity contribution in [1.82, 2.24) is 4.90 Å². The number of hydrogen-bond acceptors (Lipinski definition) is 5. The maximum atomic E-state index is 12.4. The monoisotopic (exact) mass is 311 g/mol. The number of esters is 1. The third kappa shape index (κ3) is 4.93. The molecule has 0 N–H and O–H groups in total. The zero-order valence-electron chi connectivity index (χ0n) is 13.5. The van der Waals surface area contributed by atoms with Crippen LogP contribution in [0.2, 0.25) is 0 Å². The van der Waals surface area contributed by atoms with E-state index in [9.17, 15) is 9.59 Å². The molecule has 0 spiro atoms. The van der Waals surface area contributed by atoms with E-state index >= 15 is 0 Å². The second-order valence-corrected chi connectivity index (χ2v) is 6.85. The predicted molar refractivity (Wildman–Crippen MR) is 85.5 cm³/mol. The first-order chi connectivity index (χ1) is 9.78. The molecule has 21 heavy (non-hydrogen) atoms. The molecule has 0 aliphatic carbocycles. The van der Waals surface area contributed by atoms with Crippen LogP contribution < -0.4 is 0 Å². The highest BCUT2D eigenvalue weighted by Crippen LogP contribution is 2.20. The summed E-state index contributed by atoms with van der Waals surface area (Å²) in [6.45, 7) is 7.63. The van der Waals surface area contributed by atoms with Gasteiger partial charge < -0.3 is 4.74 Å². The minimum absolute atomic E-state index is 0.110. The Morgan fingerprint density at radius 3 is 2.62 bits per heavy atom. The Labute approximate surface area is 131 Å². The molecule has 0 aromatic carbocycles. The van der Waals surface area contributed by atoms with Crippen molar-refractivity contribution < 1.29 is 14.3 Å². The van der Waals surface area contributed by atoms with Gasteiger partial charge in [0.05, 0.1) is 13.2 Å². The normalized spacial score (nSPS) is 13.2. The topological polar surface area (TPSA) is 46.6 Å². The first-order valence-electron chi connectivity index (χ1n) is 7.22. The summed E-state index contributed by atoms with van der Waals surface area (Å²) >= 11 is 1.72. The Bertz CT molecular complexity index is 468. The van der Waals surface area contributed by atoms with Crippen molar-refractivity contribution in [2.45, 2.75) is 40.2 Å². The summed E-state index contributed by atoms with van der Waals surface area (Å²) < 4.78 is 4.98. The molecule has 0 aliphatic heterocycles. The van der Waals surface area contributed by atoms with Gasteiger partial charge in [-0.05, 0) is 52.6 Å². The summed E-state index contributed by atoms with van der Waals surface area (Å²) in [4.78, 5) is 27.5. The van der Waals surface area contributed by atoms with Gasteiger partial charge in [0.15, 0.2) is 5.78 Å². The number of nitrogens with zero attached hydrogens (tertiary/aromatic N) is 1. The molecule has 0 amide bonds. The maximum absolute atomic E-state index is 12.4. The van der Waals surface area contributed by atoms with Gasteiger partial charge in [-0.3, -0.25) is 14.5 Å². The van der Waals surface area contributed by atoms with Crippen LogP contribution in [0.25, 0.3) is 0 Å². The van der Waals surface area contributed by atoms with Gasteiger partial charge in [-0.1, -0.05) is 6.07 Å². The van der Waals surface area contributed by atoms with Crippen LogP contribution in [-0.4, -0.2) is 42.9 Å². The zero-order valence-corrected chi connectivity index (χ0v) is 14.3. The molecule has 1 rings (SSSR count). The fourth-order valence-electron chi connectivity index (χ4n) is 1.88. The second kappa shape index (κ2) is 7.71. The summed E-state index contributed by atoms with van der Waals surface area (Å²) in [5.74, 6) is -0.559. The average Bonchev–Trinajstić information content (AvgIpc) is 2.91. The molecule has 1 aromatic rings. The van der Waals surface area contributed by atoms with Gasteiger partial charge in [0.25, 0.3) is 0 Å². The van der Waals surface area contributed by atoms with Crippen LogP contribution in [0, 0.1) is 5.41 Å². The van der Waals surface area contributed by atoms with Crippen molar-refractivity contribution in [2.75, 3.05) is 20.2 Å². The van der Waals surface area contributed by atoms with E-state index in [2.05, 4.69) is 18.4 Å². The molecule has 0 bridgehead atoms. The van der Waals surface area contributed by atoms with Gasteiger partial charge in [-0.15, -0.1) is 11.3 Å². The van der Waals surface area contributed by atoms with Crippen molar-refractivity contribution in [3.63, 3.8) is 0 Å². The minimum atomic E-state index is -1.09. The van der Waals surface area contributed by atoms with Gasteiger partial charge in [0.1, 0.15) is 5.41 Å². The minimum Gasteiger partial charge on any atom is -0.465 e. The van der Waals surface area contributed by atoms with Crippen LogP contribution in [0.4, 0.5) is 0 Å². The van der Waals surface area contributed by atoms with Crippen molar-refractivity contribution in [3.05, 3.63) is 22.4 Å². The molecule has 1 atom stereocenters. The van der Waals surface area contributed by atoms with Crippen LogP contribution in [0.15, 0.2) is 17.5 Å². The predicted octanol–water partition coefficient (Wildman–Crippen LogP) is 2.77.